The molecule has 1 heteroatoms. The second-order valence-corrected chi connectivity index (χ2v) is 5.36. The van der Waals surface area contributed by atoms with Crippen LogP contribution in [0.3, 0.4) is 0 Å². The van der Waals surface area contributed by atoms with Crippen LogP contribution in [-0.2, 0) is 11.2 Å². The molecule has 0 amide bonds. The zero-order valence-corrected chi connectivity index (χ0v) is 11.9. The molecule has 0 saturated carbocycles. The summed E-state index contributed by atoms with van der Waals surface area (Å²) >= 11 is 0. The number of Topliss-reactive ketones (excluding diaryl/α,β-unsaturated/α-hetero) is 1. The smallest absolute Gasteiger partial charge is 0.158 e. The lowest BCUT2D eigenvalue weighted by atomic mass is 9.97. The first kappa shape index (κ1) is 12.4. The lowest BCUT2D eigenvalue weighted by molar-refractivity contribution is -0.116. The van der Waals surface area contributed by atoms with Gasteiger partial charge in [-0.05, 0) is 41.5 Å². The molecule has 0 spiro atoms. The normalized spacial score (nSPS) is 18.4. The van der Waals surface area contributed by atoms with Gasteiger partial charge in [0.25, 0.3) is 0 Å². The van der Waals surface area contributed by atoms with Gasteiger partial charge in [0.15, 0.2) is 5.78 Å². The van der Waals surface area contributed by atoms with Crippen molar-refractivity contribution in [2.24, 2.45) is 5.92 Å². The van der Waals surface area contributed by atoms with E-state index in [1.54, 1.807) is 0 Å². The summed E-state index contributed by atoms with van der Waals surface area (Å²) in [6.45, 7) is 5.69. The van der Waals surface area contributed by atoms with Crippen molar-refractivity contribution in [3.63, 3.8) is 0 Å². The zero-order valence-electron chi connectivity index (χ0n) is 12.9. The average molecular weight is 256 g/mol. The Morgan fingerprint density at radius 2 is 2.21 bits per heavy atom. The molecular weight excluding hydrogens is 232 g/mol. The summed E-state index contributed by atoms with van der Waals surface area (Å²) in [5.41, 5.74) is 4.58. The molecule has 1 aromatic carbocycles. The van der Waals surface area contributed by atoms with Crippen molar-refractivity contribution < 1.29 is 6.17 Å². The maximum Gasteiger partial charge on any atom is 0.158 e. The van der Waals surface area contributed by atoms with Crippen LogP contribution in [0.4, 0.5) is 0 Å². The number of ketones is 1. The molecule has 1 aromatic rings. The van der Waals surface area contributed by atoms with Crippen LogP contribution in [0.1, 0.15) is 46.1 Å². The number of hydrogen-bond donors (Lipinski definition) is 0. The predicted octanol–water partition coefficient (Wildman–Crippen LogP) is 4.58. The van der Waals surface area contributed by atoms with Gasteiger partial charge in [0, 0.05) is 7.79 Å². The molecule has 0 heterocycles. The summed E-state index contributed by atoms with van der Waals surface area (Å²) < 4.78 is 7.65. The second-order valence-electron chi connectivity index (χ2n) is 5.36. The first-order valence-corrected chi connectivity index (χ1v) is 6.89. The summed E-state index contributed by atoms with van der Waals surface area (Å²) in [5.74, 6) is 0.272. The molecule has 100 valence electrons. The molecule has 0 N–H and O–H groups in total. The van der Waals surface area contributed by atoms with Crippen LogP contribution in [0.15, 0.2) is 41.5 Å². The zero-order chi connectivity index (χ0) is 14.7. The molecule has 2 atom stereocenters. The van der Waals surface area contributed by atoms with Crippen molar-refractivity contribution in [2.75, 3.05) is 0 Å². The third-order valence-corrected chi connectivity index (χ3v) is 3.71. The van der Waals surface area contributed by atoms with E-state index in [1.165, 1.54) is 16.7 Å². The molecule has 2 rings (SSSR count). The highest BCUT2D eigenvalue weighted by Crippen LogP contribution is 2.26. The Balaban J connectivity index is 2.04. The monoisotopic (exact) mass is 256 g/mol. The molecular formula is C18H22O. The molecule has 1 aliphatic carbocycles. The number of hydrogen-bond acceptors (Lipinski definition) is 1. The van der Waals surface area contributed by atoms with Gasteiger partial charge in [-0.3, -0.25) is 4.79 Å². The summed E-state index contributed by atoms with van der Waals surface area (Å²) in [7, 11) is 0. The number of allylic oxidation sites excluding steroid dienone is 3. The van der Waals surface area contributed by atoms with Crippen LogP contribution >= 0.6 is 0 Å². The molecule has 0 aromatic heterocycles. The standard InChI is InChI=1S/C18H22O/c1-4-13(2)9-18(19)14(3)10-15-11-16-7-5-6-8-17(16)12-15/h5-8,10-11,13H,4,9,12H2,1-3H3/b14-10+/i4T. The predicted molar refractivity (Wildman–Crippen MR) is 81.0 cm³/mol. The van der Waals surface area contributed by atoms with Crippen LogP contribution in [0, 0.1) is 5.92 Å². The van der Waals surface area contributed by atoms with Crippen molar-refractivity contribution in [3.8, 4) is 0 Å². The SMILES string of the molecule is [3H]C(C)C(C)CC(=O)/C(C)=C/C1=Cc2ccccc2C1. The fraction of sp³-hybridized carbons (Fsp3) is 0.389. The minimum atomic E-state index is -0.193. The maximum atomic E-state index is 12.1. The van der Waals surface area contributed by atoms with Gasteiger partial charge in [-0.25, -0.2) is 0 Å². The van der Waals surface area contributed by atoms with E-state index >= 15 is 0 Å². The van der Waals surface area contributed by atoms with Gasteiger partial charge in [0.2, 0.25) is 0 Å². The summed E-state index contributed by atoms with van der Waals surface area (Å²) in [5, 5.41) is 0. The Hall–Kier alpha value is -1.63. The van der Waals surface area contributed by atoms with Crippen LogP contribution in [0.25, 0.3) is 6.08 Å². The molecule has 0 radical (unpaired) electrons. The fourth-order valence-electron chi connectivity index (χ4n) is 2.33. The van der Waals surface area contributed by atoms with Crippen molar-refractivity contribution >= 4 is 11.9 Å². The van der Waals surface area contributed by atoms with E-state index in [2.05, 4.69) is 24.3 Å². The van der Waals surface area contributed by atoms with E-state index in [4.69, 9.17) is 1.37 Å². The van der Waals surface area contributed by atoms with Crippen molar-refractivity contribution in [1.29, 1.82) is 0 Å². The average Bonchev–Trinajstić information content (AvgIpc) is 2.80. The summed E-state index contributed by atoms with van der Waals surface area (Å²) in [6.07, 6.45) is 5.34. The Morgan fingerprint density at radius 3 is 2.89 bits per heavy atom. The Morgan fingerprint density at radius 1 is 1.47 bits per heavy atom. The third kappa shape index (κ3) is 3.44. The van der Waals surface area contributed by atoms with Gasteiger partial charge >= 0.3 is 0 Å². The number of carbonyl (C=O) groups excluding carboxylic acids is 1. The fourth-order valence-corrected chi connectivity index (χ4v) is 2.33. The van der Waals surface area contributed by atoms with Crippen molar-refractivity contribution in [3.05, 3.63) is 52.6 Å². The second kappa shape index (κ2) is 6.01. The minimum Gasteiger partial charge on any atom is -0.295 e. The summed E-state index contributed by atoms with van der Waals surface area (Å²) in [6, 6.07) is 8.33. The number of carbonyl (C=O) groups is 1. The molecule has 1 nitrogen and oxygen atoms in total. The largest absolute Gasteiger partial charge is 0.295 e. The van der Waals surface area contributed by atoms with Gasteiger partial charge in [0.1, 0.15) is 0 Å². The number of rotatable bonds is 5. The molecule has 0 aliphatic heterocycles. The van der Waals surface area contributed by atoms with E-state index in [0.29, 0.717) is 6.42 Å². The quantitative estimate of drug-likeness (QED) is 0.705. The molecule has 1 aliphatic rings. The highest BCUT2D eigenvalue weighted by atomic mass is 16.1. The Kier molecular flexibility index (Phi) is 3.92. The van der Waals surface area contributed by atoms with Gasteiger partial charge in [-0.1, -0.05) is 56.7 Å². The summed E-state index contributed by atoms with van der Waals surface area (Å²) in [4.78, 5) is 12.1. The Labute approximate surface area is 117 Å². The van der Waals surface area contributed by atoms with E-state index < -0.39 is 0 Å². The third-order valence-electron chi connectivity index (χ3n) is 3.71. The molecule has 2 unspecified atom stereocenters. The number of benzene rings is 1. The van der Waals surface area contributed by atoms with Crippen LogP contribution < -0.4 is 0 Å². The Bertz CT molecular complexity index is 567. The minimum absolute atomic E-state index is 0.112. The highest BCUT2D eigenvalue weighted by Gasteiger charge is 2.13. The lowest BCUT2D eigenvalue weighted by Crippen LogP contribution is -2.06. The molecule has 0 bridgehead atoms. The van der Waals surface area contributed by atoms with E-state index in [9.17, 15) is 4.79 Å². The van der Waals surface area contributed by atoms with Crippen LogP contribution in [0.5, 0.6) is 0 Å². The van der Waals surface area contributed by atoms with Gasteiger partial charge in [-0.2, -0.15) is 0 Å². The van der Waals surface area contributed by atoms with Crippen molar-refractivity contribution in [1.82, 2.24) is 0 Å². The van der Waals surface area contributed by atoms with Crippen LogP contribution in [0.2, 0.25) is 0 Å². The maximum absolute atomic E-state index is 12.1. The molecule has 0 saturated heterocycles. The highest BCUT2D eigenvalue weighted by molar-refractivity contribution is 5.95. The lowest BCUT2D eigenvalue weighted by Gasteiger charge is -2.07. The first-order chi connectivity index (χ1) is 9.47. The van der Waals surface area contributed by atoms with E-state index in [-0.39, 0.29) is 18.1 Å². The van der Waals surface area contributed by atoms with Crippen LogP contribution in [-0.4, -0.2) is 5.78 Å². The van der Waals surface area contributed by atoms with E-state index in [1.807, 2.05) is 32.9 Å². The van der Waals surface area contributed by atoms with Gasteiger partial charge < -0.3 is 0 Å². The molecule has 19 heavy (non-hydrogen) atoms. The first-order valence-electron chi connectivity index (χ1n) is 7.47. The van der Waals surface area contributed by atoms with Gasteiger partial charge in [0.05, 0.1) is 0 Å². The topological polar surface area (TPSA) is 17.1 Å². The van der Waals surface area contributed by atoms with E-state index in [0.717, 1.165) is 12.0 Å². The molecule has 0 fully saturated rings. The van der Waals surface area contributed by atoms with Gasteiger partial charge in [-0.15, -0.1) is 0 Å². The van der Waals surface area contributed by atoms with Crippen molar-refractivity contribution in [2.45, 2.75) is 40.0 Å². The number of fused-ring (bicyclic) bond motifs is 1.